The molecule has 0 bridgehead atoms. The molecule has 0 aliphatic carbocycles. The quantitative estimate of drug-likeness (QED) is 0.468. The van der Waals surface area contributed by atoms with Crippen LogP contribution in [0.15, 0.2) is 0 Å². The Labute approximate surface area is 81.7 Å². The van der Waals surface area contributed by atoms with Gasteiger partial charge in [-0.25, -0.2) is 0 Å². The maximum Gasteiger partial charge on any atom is 0.0622 e. The van der Waals surface area contributed by atoms with Crippen LogP contribution < -0.4 is 0 Å². The van der Waals surface area contributed by atoms with Crippen molar-refractivity contribution < 1.29 is 0 Å². The third-order valence-corrected chi connectivity index (χ3v) is 3.69. The molecule has 0 aliphatic heterocycles. The second-order valence-electron chi connectivity index (χ2n) is 2.17. The molecule has 0 aromatic carbocycles. The first-order valence-electron chi connectivity index (χ1n) is 3.90. The lowest BCUT2D eigenvalue weighted by molar-refractivity contribution is 0.981. The Morgan fingerprint density at radius 1 is 0.833 bits per heavy atom. The minimum atomic E-state index is 0.658. The SMILES string of the molecule is N#CCCCSSCCCC#N. The third-order valence-electron chi connectivity index (χ3n) is 1.12. The maximum atomic E-state index is 8.24. The number of unbranched alkanes of at least 4 members (excludes halogenated alkanes) is 2. The molecule has 0 aliphatic rings. The van der Waals surface area contributed by atoms with E-state index in [-0.39, 0.29) is 0 Å². The van der Waals surface area contributed by atoms with Gasteiger partial charge in [-0.05, 0) is 12.8 Å². The first-order chi connectivity index (χ1) is 5.91. The average Bonchev–Trinajstić information content (AvgIpc) is 2.10. The zero-order valence-electron chi connectivity index (χ0n) is 6.95. The Morgan fingerprint density at radius 3 is 1.58 bits per heavy atom. The lowest BCUT2D eigenvalue weighted by atomic mass is 10.4. The lowest BCUT2D eigenvalue weighted by Gasteiger charge is -1.96. The third kappa shape index (κ3) is 9.68. The summed E-state index contributed by atoms with van der Waals surface area (Å²) in [4.78, 5) is 0. The summed E-state index contributed by atoms with van der Waals surface area (Å²) in [6, 6.07) is 4.23. The highest BCUT2D eigenvalue weighted by Gasteiger charge is 1.90. The van der Waals surface area contributed by atoms with Crippen LogP contribution in [0.2, 0.25) is 0 Å². The lowest BCUT2D eigenvalue weighted by Crippen LogP contribution is -1.78. The van der Waals surface area contributed by atoms with Gasteiger partial charge in [0.25, 0.3) is 0 Å². The fourth-order valence-electron chi connectivity index (χ4n) is 0.538. The minimum Gasteiger partial charge on any atom is -0.198 e. The smallest absolute Gasteiger partial charge is 0.0622 e. The summed E-state index contributed by atoms with van der Waals surface area (Å²) < 4.78 is 0. The van der Waals surface area contributed by atoms with Gasteiger partial charge in [0.1, 0.15) is 0 Å². The van der Waals surface area contributed by atoms with Gasteiger partial charge in [0, 0.05) is 24.3 Å². The van der Waals surface area contributed by atoms with Crippen molar-refractivity contribution in [2.75, 3.05) is 11.5 Å². The second kappa shape index (κ2) is 10.7. The fraction of sp³-hybridized carbons (Fsp3) is 0.750. The van der Waals surface area contributed by atoms with Crippen LogP contribution in [0, 0.1) is 22.7 Å². The van der Waals surface area contributed by atoms with Crippen molar-refractivity contribution in [1.82, 2.24) is 0 Å². The second-order valence-corrected chi connectivity index (χ2v) is 4.87. The molecule has 0 spiro atoms. The van der Waals surface area contributed by atoms with Gasteiger partial charge >= 0.3 is 0 Å². The molecule has 0 rings (SSSR count). The van der Waals surface area contributed by atoms with Crippen LogP contribution in [0.3, 0.4) is 0 Å². The predicted molar refractivity (Wildman–Crippen MR) is 54.6 cm³/mol. The van der Waals surface area contributed by atoms with Crippen molar-refractivity contribution in [2.45, 2.75) is 25.7 Å². The van der Waals surface area contributed by atoms with E-state index in [1.54, 1.807) is 21.6 Å². The summed E-state index contributed by atoms with van der Waals surface area (Å²) in [5.41, 5.74) is 0. The summed E-state index contributed by atoms with van der Waals surface area (Å²) in [6.07, 6.45) is 3.27. The Hall–Kier alpha value is -0.320. The van der Waals surface area contributed by atoms with Crippen molar-refractivity contribution >= 4 is 21.6 Å². The van der Waals surface area contributed by atoms with E-state index in [1.807, 2.05) is 0 Å². The van der Waals surface area contributed by atoms with Gasteiger partial charge < -0.3 is 0 Å². The molecule has 0 amide bonds. The Kier molecular flexibility index (Phi) is 10.4. The number of nitrogens with zero attached hydrogens (tertiary/aromatic N) is 2. The summed E-state index contributed by atoms with van der Waals surface area (Å²) in [6.45, 7) is 0. The van der Waals surface area contributed by atoms with E-state index in [2.05, 4.69) is 12.1 Å². The van der Waals surface area contributed by atoms with E-state index in [4.69, 9.17) is 10.5 Å². The van der Waals surface area contributed by atoms with Crippen molar-refractivity contribution in [3.05, 3.63) is 0 Å². The van der Waals surface area contributed by atoms with E-state index in [0.717, 1.165) is 24.3 Å². The maximum absolute atomic E-state index is 8.24. The van der Waals surface area contributed by atoms with Crippen LogP contribution >= 0.6 is 21.6 Å². The van der Waals surface area contributed by atoms with Crippen LogP contribution in [0.25, 0.3) is 0 Å². The number of rotatable bonds is 7. The van der Waals surface area contributed by atoms with Crippen LogP contribution in [-0.4, -0.2) is 11.5 Å². The van der Waals surface area contributed by atoms with E-state index in [9.17, 15) is 0 Å². The van der Waals surface area contributed by atoms with Crippen LogP contribution in [0.1, 0.15) is 25.7 Å². The van der Waals surface area contributed by atoms with Crippen molar-refractivity contribution in [3.63, 3.8) is 0 Å². The zero-order valence-corrected chi connectivity index (χ0v) is 8.59. The largest absolute Gasteiger partial charge is 0.198 e. The van der Waals surface area contributed by atoms with Gasteiger partial charge in [0.05, 0.1) is 12.1 Å². The first kappa shape index (κ1) is 11.7. The highest BCUT2D eigenvalue weighted by molar-refractivity contribution is 8.76. The van der Waals surface area contributed by atoms with Gasteiger partial charge in [-0.1, -0.05) is 21.6 Å². The van der Waals surface area contributed by atoms with Crippen LogP contribution in [-0.2, 0) is 0 Å². The molecule has 0 atom stereocenters. The van der Waals surface area contributed by atoms with E-state index in [1.165, 1.54) is 0 Å². The molecule has 0 fully saturated rings. The molecule has 0 saturated heterocycles. The number of nitriles is 2. The van der Waals surface area contributed by atoms with Crippen LogP contribution in [0.4, 0.5) is 0 Å². The molecule has 0 heterocycles. The summed E-state index contributed by atoms with van der Waals surface area (Å²) in [5.74, 6) is 2.09. The highest BCUT2D eigenvalue weighted by Crippen LogP contribution is 2.23. The van der Waals surface area contributed by atoms with Crippen LogP contribution in [0.5, 0.6) is 0 Å². The van der Waals surface area contributed by atoms with Gasteiger partial charge in [-0.2, -0.15) is 10.5 Å². The fourth-order valence-corrected chi connectivity index (χ4v) is 2.71. The Bertz CT molecular complexity index is 149. The first-order valence-corrected chi connectivity index (χ1v) is 6.39. The normalized spacial score (nSPS) is 8.83. The summed E-state index contributed by atoms with van der Waals surface area (Å²) in [7, 11) is 3.60. The molecule has 0 radical (unpaired) electrons. The molecule has 0 aromatic heterocycles. The monoisotopic (exact) mass is 200 g/mol. The molecule has 0 unspecified atom stereocenters. The van der Waals surface area contributed by atoms with Gasteiger partial charge in [-0.3, -0.25) is 0 Å². The van der Waals surface area contributed by atoms with Gasteiger partial charge in [0.15, 0.2) is 0 Å². The molecule has 0 aromatic rings. The van der Waals surface area contributed by atoms with Gasteiger partial charge in [-0.15, -0.1) is 0 Å². The summed E-state index contributed by atoms with van der Waals surface area (Å²) in [5, 5.41) is 16.5. The molecule has 0 N–H and O–H groups in total. The van der Waals surface area contributed by atoms with Crippen molar-refractivity contribution in [3.8, 4) is 12.1 Å². The topological polar surface area (TPSA) is 47.6 Å². The highest BCUT2D eigenvalue weighted by atomic mass is 33.1. The average molecular weight is 200 g/mol. The molecule has 0 saturated carbocycles. The molecular weight excluding hydrogens is 188 g/mol. The zero-order chi connectivity index (χ0) is 9.07. The molecular formula is C8H12N2S2. The molecule has 2 nitrogen and oxygen atoms in total. The molecule has 12 heavy (non-hydrogen) atoms. The van der Waals surface area contributed by atoms with E-state index >= 15 is 0 Å². The molecule has 4 heteroatoms. The summed E-state index contributed by atoms with van der Waals surface area (Å²) >= 11 is 0. The Morgan fingerprint density at radius 2 is 1.25 bits per heavy atom. The predicted octanol–water partition coefficient (Wildman–Crippen LogP) is 2.98. The van der Waals surface area contributed by atoms with Crippen molar-refractivity contribution in [1.29, 1.82) is 10.5 Å². The number of hydrogen-bond acceptors (Lipinski definition) is 4. The Balaban J connectivity index is 2.84. The van der Waals surface area contributed by atoms with E-state index < -0.39 is 0 Å². The van der Waals surface area contributed by atoms with Gasteiger partial charge in [0.2, 0.25) is 0 Å². The van der Waals surface area contributed by atoms with E-state index in [0.29, 0.717) is 12.8 Å². The minimum absolute atomic E-state index is 0.658. The number of hydrogen-bond donors (Lipinski definition) is 0. The molecule has 66 valence electrons. The van der Waals surface area contributed by atoms with Crippen molar-refractivity contribution in [2.24, 2.45) is 0 Å². The standard InChI is InChI=1S/C8H12N2S2/c9-5-1-3-7-11-12-8-4-2-6-10/h1-4,7-8H2.